The average Bonchev–Trinajstić information content (AvgIpc) is 3.16. The molecule has 0 aliphatic carbocycles. The number of para-hydroxylation sites is 1. The van der Waals surface area contributed by atoms with Crippen LogP contribution in [0, 0.1) is 5.92 Å². The molecule has 166 valence electrons. The van der Waals surface area contributed by atoms with E-state index in [0.717, 1.165) is 37.3 Å². The summed E-state index contributed by atoms with van der Waals surface area (Å²) in [4.78, 5) is 24.6. The molecule has 0 amide bonds. The van der Waals surface area contributed by atoms with E-state index in [1.165, 1.54) is 16.5 Å². The molecule has 0 saturated carbocycles. The van der Waals surface area contributed by atoms with Crippen molar-refractivity contribution in [2.45, 2.75) is 39.7 Å². The topological polar surface area (TPSA) is 105 Å². The molecular weight excluding hydrogens is 392 g/mol. The normalized spacial score (nSPS) is 11.6. The van der Waals surface area contributed by atoms with E-state index in [2.05, 4.69) is 41.4 Å². The Morgan fingerprint density at radius 3 is 2.42 bits per heavy atom. The van der Waals surface area contributed by atoms with Crippen molar-refractivity contribution in [3.05, 3.63) is 71.4 Å². The number of fused-ring (bicyclic) bond motifs is 1. The number of ketones is 1. The van der Waals surface area contributed by atoms with Gasteiger partial charge in [-0.2, -0.15) is 0 Å². The molecule has 4 N–H and O–H groups in total. The van der Waals surface area contributed by atoms with E-state index in [4.69, 9.17) is 20.4 Å². The van der Waals surface area contributed by atoms with Crippen LogP contribution in [0.15, 0.2) is 54.7 Å². The zero-order chi connectivity index (χ0) is 22.6. The van der Waals surface area contributed by atoms with Gasteiger partial charge in [0.2, 0.25) is 0 Å². The van der Waals surface area contributed by atoms with Crippen LogP contribution in [0.3, 0.4) is 0 Å². The second-order valence-corrected chi connectivity index (χ2v) is 7.63. The molecule has 0 aliphatic rings. The number of ether oxygens (including phenoxy) is 1. The first-order valence-corrected chi connectivity index (χ1v) is 10.5. The van der Waals surface area contributed by atoms with Gasteiger partial charge in [0.15, 0.2) is 5.78 Å². The fourth-order valence-electron chi connectivity index (χ4n) is 3.28. The molecule has 0 spiro atoms. The maximum Gasteiger partial charge on any atom is 0.300 e. The van der Waals surface area contributed by atoms with E-state index in [1.54, 1.807) is 0 Å². The highest BCUT2D eigenvalue weighted by atomic mass is 16.5. The smallest absolute Gasteiger partial charge is 0.300 e. The first-order valence-electron chi connectivity index (χ1n) is 10.5. The van der Waals surface area contributed by atoms with Gasteiger partial charge in [-0.3, -0.25) is 9.59 Å². The fraction of sp³-hybridized carbons (Fsp3) is 0.360. The van der Waals surface area contributed by atoms with Gasteiger partial charge in [-0.25, -0.2) is 0 Å². The zero-order valence-corrected chi connectivity index (χ0v) is 18.3. The number of carboxylic acid groups (broad SMARTS) is 1. The molecule has 1 aromatic heterocycles. The number of Topliss-reactive ketones (excluding diaryl/α,β-unsaturated/α-hetero) is 1. The number of hydrogen-bond acceptors (Lipinski definition) is 4. The molecule has 31 heavy (non-hydrogen) atoms. The van der Waals surface area contributed by atoms with Gasteiger partial charge in [0, 0.05) is 43.1 Å². The SMILES string of the molecule is CC(=O)O.C[C@H](Cc1c[nH]c2ccccc12)C(=O)COCCCc1ccc(CN)cc1. The number of aryl methyl sites for hydroxylation is 1. The summed E-state index contributed by atoms with van der Waals surface area (Å²) in [6.45, 7) is 4.43. The van der Waals surface area contributed by atoms with E-state index >= 15 is 0 Å². The molecule has 1 atom stereocenters. The van der Waals surface area contributed by atoms with Crippen LogP contribution < -0.4 is 5.73 Å². The molecule has 0 saturated heterocycles. The monoisotopic (exact) mass is 424 g/mol. The third-order valence-corrected chi connectivity index (χ3v) is 5.01. The number of rotatable bonds is 10. The lowest BCUT2D eigenvalue weighted by Crippen LogP contribution is -2.19. The number of carbonyl (C=O) groups excluding carboxylic acids is 1. The van der Waals surface area contributed by atoms with Crippen LogP contribution in [0.5, 0.6) is 0 Å². The maximum absolute atomic E-state index is 12.4. The first kappa shape index (κ1) is 24.3. The van der Waals surface area contributed by atoms with Crippen LogP contribution in [-0.4, -0.2) is 35.1 Å². The maximum atomic E-state index is 12.4. The van der Waals surface area contributed by atoms with Crippen molar-refractivity contribution in [2.24, 2.45) is 11.7 Å². The van der Waals surface area contributed by atoms with Crippen molar-refractivity contribution in [3.8, 4) is 0 Å². The molecule has 6 nitrogen and oxygen atoms in total. The predicted molar refractivity (Wildman–Crippen MR) is 123 cm³/mol. The Balaban J connectivity index is 0.000000785. The molecule has 0 aliphatic heterocycles. The summed E-state index contributed by atoms with van der Waals surface area (Å²) in [6, 6.07) is 16.5. The van der Waals surface area contributed by atoms with Gasteiger partial charge in [-0.15, -0.1) is 0 Å². The Morgan fingerprint density at radius 1 is 1.10 bits per heavy atom. The summed E-state index contributed by atoms with van der Waals surface area (Å²) in [5.74, 6) is -0.722. The Hall–Kier alpha value is -2.96. The number of carboxylic acids is 1. The van der Waals surface area contributed by atoms with Crippen molar-refractivity contribution in [3.63, 3.8) is 0 Å². The third kappa shape index (κ3) is 8.36. The highest BCUT2D eigenvalue weighted by Gasteiger charge is 2.15. The molecule has 3 aromatic rings. The molecule has 0 radical (unpaired) electrons. The van der Waals surface area contributed by atoms with Gasteiger partial charge in [0.25, 0.3) is 5.97 Å². The van der Waals surface area contributed by atoms with Gasteiger partial charge < -0.3 is 20.6 Å². The van der Waals surface area contributed by atoms with E-state index in [9.17, 15) is 4.79 Å². The predicted octanol–water partition coefficient (Wildman–Crippen LogP) is 4.11. The summed E-state index contributed by atoms with van der Waals surface area (Å²) in [6.07, 6.45) is 4.60. The minimum Gasteiger partial charge on any atom is -0.481 e. The molecule has 0 fully saturated rings. The summed E-state index contributed by atoms with van der Waals surface area (Å²) < 4.78 is 5.61. The molecule has 3 rings (SSSR count). The number of aromatic nitrogens is 1. The number of carbonyl (C=O) groups is 2. The standard InChI is InChI=1S/C23H28N2O2.C2H4O2/c1-17(13-20-15-25-22-7-3-2-6-21(20)22)23(26)16-27-12-4-5-18-8-10-19(14-24)11-9-18;1-2(3)4/h2-3,6-11,15,17,25H,4-5,12-14,16,24H2,1H3;1H3,(H,3,4)/t17-;/m1./s1. The van der Waals surface area contributed by atoms with Gasteiger partial charge >= 0.3 is 0 Å². The lowest BCUT2D eigenvalue weighted by molar-refractivity contribution is -0.134. The summed E-state index contributed by atoms with van der Waals surface area (Å²) in [5, 5.41) is 8.61. The number of H-pyrrole nitrogens is 1. The molecule has 6 heteroatoms. The Kier molecular flexibility index (Phi) is 9.94. The number of aliphatic carboxylic acids is 1. The van der Waals surface area contributed by atoms with Crippen LogP contribution in [-0.2, 0) is 33.7 Å². The van der Waals surface area contributed by atoms with Crippen LogP contribution in [0.4, 0.5) is 0 Å². The van der Waals surface area contributed by atoms with Gasteiger partial charge in [0.05, 0.1) is 0 Å². The Labute approximate surface area is 183 Å². The Bertz CT molecular complexity index is 959. The van der Waals surface area contributed by atoms with E-state index in [-0.39, 0.29) is 18.3 Å². The Morgan fingerprint density at radius 2 is 1.74 bits per heavy atom. The first-order chi connectivity index (χ1) is 14.9. The minimum atomic E-state index is -0.833. The van der Waals surface area contributed by atoms with Crippen molar-refractivity contribution in [2.75, 3.05) is 13.2 Å². The lowest BCUT2D eigenvalue weighted by atomic mass is 9.97. The fourth-order valence-corrected chi connectivity index (χ4v) is 3.28. The third-order valence-electron chi connectivity index (χ3n) is 5.01. The second kappa shape index (κ2) is 12.7. The van der Waals surface area contributed by atoms with Gasteiger partial charge in [-0.05, 0) is 42.0 Å². The second-order valence-electron chi connectivity index (χ2n) is 7.63. The summed E-state index contributed by atoms with van der Waals surface area (Å²) in [7, 11) is 0. The molecule has 1 heterocycles. The van der Waals surface area contributed by atoms with Crippen molar-refractivity contribution in [1.82, 2.24) is 4.98 Å². The minimum absolute atomic E-state index is 0.0481. The van der Waals surface area contributed by atoms with Gasteiger partial charge in [0.1, 0.15) is 6.61 Å². The number of hydrogen-bond donors (Lipinski definition) is 3. The van der Waals surface area contributed by atoms with Crippen molar-refractivity contribution < 1.29 is 19.4 Å². The number of aromatic amines is 1. The molecule has 2 aromatic carbocycles. The largest absolute Gasteiger partial charge is 0.481 e. The quantitative estimate of drug-likeness (QED) is 0.425. The number of nitrogens with one attached hydrogen (secondary N) is 1. The summed E-state index contributed by atoms with van der Waals surface area (Å²) in [5.41, 5.74) is 10.3. The zero-order valence-electron chi connectivity index (χ0n) is 18.3. The molecule has 0 unspecified atom stereocenters. The van der Waals surface area contributed by atoms with Crippen LogP contribution in [0.25, 0.3) is 10.9 Å². The van der Waals surface area contributed by atoms with Gasteiger partial charge in [-0.1, -0.05) is 49.4 Å². The average molecular weight is 425 g/mol. The van der Waals surface area contributed by atoms with Crippen molar-refractivity contribution in [1.29, 1.82) is 0 Å². The van der Waals surface area contributed by atoms with E-state index < -0.39 is 5.97 Å². The lowest BCUT2D eigenvalue weighted by Gasteiger charge is -2.10. The van der Waals surface area contributed by atoms with Crippen LogP contribution in [0.1, 0.15) is 37.0 Å². The van der Waals surface area contributed by atoms with E-state index in [0.29, 0.717) is 13.2 Å². The van der Waals surface area contributed by atoms with Crippen molar-refractivity contribution >= 4 is 22.7 Å². The molecule has 0 bridgehead atoms. The number of benzene rings is 2. The highest BCUT2D eigenvalue weighted by molar-refractivity contribution is 5.85. The highest BCUT2D eigenvalue weighted by Crippen LogP contribution is 2.21. The molecular formula is C25H32N2O4. The number of nitrogens with two attached hydrogens (primary N) is 1. The van der Waals surface area contributed by atoms with Crippen LogP contribution >= 0.6 is 0 Å². The van der Waals surface area contributed by atoms with Crippen LogP contribution in [0.2, 0.25) is 0 Å². The summed E-state index contributed by atoms with van der Waals surface area (Å²) >= 11 is 0. The van der Waals surface area contributed by atoms with E-state index in [1.807, 2.05) is 25.3 Å².